The number of anilines is 4. The van der Waals surface area contributed by atoms with E-state index in [9.17, 15) is 4.79 Å². The van der Waals surface area contributed by atoms with Gasteiger partial charge in [0.1, 0.15) is 5.82 Å². The molecule has 6 heteroatoms. The van der Waals surface area contributed by atoms with E-state index in [0.717, 1.165) is 23.5 Å². The second-order valence-corrected chi connectivity index (χ2v) is 6.09. The van der Waals surface area contributed by atoms with Gasteiger partial charge in [0, 0.05) is 23.1 Å². The summed E-state index contributed by atoms with van der Waals surface area (Å²) >= 11 is 0. The van der Waals surface area contributed by atoms with E-state index in [0.29, 0.717) is 17.3 Å². The maximum atomic E-state index is 11.5. The number of hydrogen-bond acceptors (Lipinski definition) is 6. The molecule has 27 heavy (non-hydrogen) atoms. The highest BCUT2D eigenvalue weighted by atomic mass is 16.5. The number of carbonyl (C=O) groups excluding carboxylic acids is 1. The molecule has 3 aromatic rings. The van der Waals surface area contributed by atoms with Gasteiger partial charge in [-0.25, -0.2) is 9.78 Å². The topological polar surface area (TPSA) is 76.1 Å². The first kappa shape index (κ1) is 18.4. The van der Waals surface area contributed by atoms with Crippen LogP contribution in [-0.2, 0) is 11.2 Å². The van der Waals surface area contributed by atoms with Gasteiger partial charge in [-0.2, -0.15) is 4.98 Å². The van der Waals surface area contributed by atoms with Crippen molar-refractivity contribution in [2.45, 2.75) is 20.3 Å². The normalized spacial score (nSPS) is 10.3. The SMILES string of the molecule is CCc1ccc(Nc2cc(C)nc(Nc3ccc(C(=O)OC)cc3)n2)cc1. The van der Waals surface area contributed by atoms with Crippen molar-refractivity contribution in [1.29, 1.82) is 0 Å². The second-order valence-electron chi connectivity index (χ2n) is 6.09. The average Bonchev–Trinajstić information content (AvgIpc) is 2.68. The smallest absolute Gasteiger partial charge is 0.337 e. The van der Waals surface area contributed by atoms with E-state index in [4.69, 9.17) is 4.74 Å². The summed E-state index contributed by atoms with van der Waals surface area (Å²) < 4.78 is 4.70. The minimum atomic E-state index is -0.367. The number of rotatable bonds is 6. The van der Waals surface area contributed by atoms with Gasteiger partial charge in [0.15, 0.2) is 0 Å². The largest absolute Gasteiger partial charge is 0.465 e. The number of aryl methyl sites for hydroxylation is 2. The first-order valence-electron chi connectivity index (χ1n) is 8.74. The molecular weight excluding hydrogens is 340 g/mol. The Morgan fingerprint density at radius 1 is 0.963 bits per heavy atom. The van der Waals surface area contributed by atoms with E-state index < -0.39 is 0 Å². The van der Waals surface area contributed by atoms with Gasteiger partial charge in [0.05, 0.1) is 12.7 Å². The van der Waals surface area contributed by atoms with Gasteiger partial charge in [-0.15, -0.1) is 0 Å². The molecule has 0 aliphatic rings. The van der Waals surface area contributed by atoms with Gasteiger partial charge in [0.25, 0.3) is 0 Å². The summed E-state index contributed by atoms with van der Waals surface area (Å²) in [5, 5.41) is 6.46. The highest BCUT2D eigenvalue weighted by Crippen LogP contribution is 2.20. The lowest BCUT2D eigenvalue weighted by atomic mass is 10.1. The van der Waals surface area contributed by atoms with Crippen LogP contribution in [0.25, 0.3) is 0 Å². The molecule has 138 valence electrons. The van der Waals surface area contributed by atoms with Gasteiger partial charge >= 0.3 is 5.97 Å². The Labute approximate surface area is 158 Å². The molecule has 2 aromatic carbocycles. The van der Waals surface area contributed by atoms with Crippen LogP contribution < -0.4 is 10.6 Å². The fraction of sp³-hybridized carbons (Fsp3) is 0.190. The van der Waals surface area contributed by atoms with Crippen LogP contribution in [0.2, 0.25) is 0 Å². The third-order valence-corrected chi connectivity index (χ3v) is 4.05. The molecule has 0 atom stereocenters. The molecular formula is C21H22N4O2. The summed E-state index contributed by atoms with van der Waals surface area (Å²) in [5.41, 5.74) is 4.37. The van der Waals surface area contributed by atoms with Crippen molar-refractivity contribution >= 4 is 29.1 Å². The van der Waals surface area contributed by atoms with E-state index >= 15 is 0 Å². The zero-order valence-electron chi connectivity index (χ0n) is 15.6. The summed E-state index contributed by atoms with van der Waals surface area (Å²) in [6.07, 6.45) is 1.01. The molecule has 0 aliphatic heterocycles. The zero-order chi connectivity index (χ0) is 19.2. The molecule has 0 amide bonds. The maximum Gasteiger partial charge on any atom is 0.337 e. The predicted octanol–water partition coefficient (Wildman–Crippen LogP) is 4.62. The van der Waals surface area contributed by atoms with Crippen molar-refractivity contribution in [2.75, 3.05) is 17.7 Å². The number of carbonyl (C=O) groups is 1. The summed E-state index contributed by atoms with van der Waals surface area (Å²) in [7, 11) is 1.36. The molecule has 0 saturated heterocycles. The van der Waals surface area contributed by atoms with Crippen LogP contribution in [0, 0.1) is 6.92 Å². The zero-order valence-corrected chi connectivity index (χ0v) is 15.6. The Bertz CT molecular complexity index is 922. The van der Waals surface area contributed by atoms with Crippen molar-refractivity contribution in [2.24, 2.45) is 0 Å². The quantitative estimate of drug-likeness (QED) is 0.623. The number of nitrogens with one attached hydrogen (secondary N) is 2. The molecule has 0 aliphatic carbocycles. The van der Waals surface area contributed by atoms with Gasteiger partial charge in [-0.1, -0.05) is 19.1 Å². The highest BCUT2D eigenvalue weighted by Gasteiger charge is 2.07. The third kappa shape index (κ3) is 4.82. The third-order valence-electron chi connectivity index (χ3n) is 4.05. The van der Waals surface area contributed by atoms with Gasteiger partial charge < -0.3 is 15.4 Å². The van der Waals surface area contributed by atoms with Crippen LogP contribution in [0.4, 0.5) is 23.1 Å². The number of benzene rings is 2. The Hall–Kier alpha value is -3.41. The van der Waals surface area contributed by atoms with Crippen molar-refractivity contribution < 1.29 is 9.53 Å². The Kier molecular flexibility index (Phi) is 5.66. The van der Waals surface area contributed by atoms with Crippen LogP contribution in [0.3, 0.4) is 0 Å². The van der Waals surface area contributed by atoms with Crippen molar-refractivity contribution in [3.8, 4) is 0 Å². The maximum absolute atomic E-state index is 11.5. The van der Waals surface area contributed by atoms with Crippen LogP contribution in [-0.4, -0.2) is 23.0 Å². The Morgan fingerprint density at radius 2 is 1.59 bits per heavy atom. The standard InChI is InChI=1S/C21H22N4O2/c1-4-15-5-9-17(10-6-15)23-19-13-14(2)22-21(25-19)24-18-11-7-16(8-12-18)20(26)27-3/h5-13H,4H2,1-3H3,(H2,22,23,24,25). The molecule has 1 aromatic heterocycles. The number of nitrogens with zero attached hydrogens (tertiary/aromatic N) is 2. The summed E-state index contributed by atoms with van der Waals surface area (Å²) in [6, 6.07) is 17.1. The van der Waals surface area contributed by atoms with Crippen LogP contribution in [0.15, 0.2) is 54.6 Å². The highest BCUT2D eigenvalue weighted by molar-refractivity contribution is 5.89. The van der Waals surface area contributed by atoms with Crippen LogP contribution in [0.1, 0.15) is 28.5 Å². The summed E-state index contributed by atoms with van der Waals surface area (Å²) in [5.74, 6) is 0.822. The minimum absolute atomic E-state index is 0.367. The monoisotopic (exact) mass is 362 g/mol. The van der Waals surface area contributed by atoms with Crippen LogP contribution in [0.5, 0.6) is 0 Å². The lowest BCUT2D eigenvalue weighted by Gasteiger charge is -2.11. The van der Waals surface area contributed by atoms with Crippen molar-refractivity contribution in [3.63, 3.8) is 0 Å². The van der Waals surface area contributed by atoms with Gasteiger partial charge in [0.2, 0.25) is 5.95 Å². The Balaban J connectivity index is 1.75. The van der Waals surface area contributed by atoms with E-state index in [1.54, 1.807) is 24.3 Å². The number of aromatic nitrogens is 2. The molecule has 0 saturated carbocycles. The Morgan fingerprint density at radius 3 is 2.22 bits per heavy atom. The molecule has 0 spiro atoms. The molecule has 6 nitrogen and oxygen atoms in total. The van der Waals surface area contributed by atoms with E-state index in [-0.39, 0.29) is 5.97 Å². The molecule has 3 rings (SSSR count). The number of ether oxygens (including phenoxy) is 1. The lowest BCUT2D eigenvalue weighted by molar-refractivity contribution is 0.0601. The summed E-state index contributed by atoms with van der Waals surface area (Å²) in [6.45, 7) is 4.05. The minimum Gasteiger partial charge on any atom is -0.465 e. The molecule has 0 radical (unpaired) electrons. The molecule has 1 heterocycles. The average molecular weight is 362 g/mol. The van der Waals surface area contributed by atoms with E-state index in [1.165, 1.54) is 12.7 Å². The van der Waals surface area contributed by atoms with Crippen molar-refractivity contribution in [3.05, 3.63) is 71.4 Å². The van der Waals surface area contributed by atoms with Crippen molar-refractivity contribution in [1.82, 2.24) is 9.97 Å². The molecule has 2 N–H and O–H groups in total. The molecule has 0 fully saturated rings. The van der Waals surface area contributed by atoms with E-state index in [2.05, 4.69) is 39.7 Å². The fourth-order valence-electron chi connectivity index (χ4n) is 2.60. The number of hydrogen-bond donors (Lipinski definition) is 2. The number of esters is 1. The summed E-state index contributed by atoms with van der Waals surface area (Å²) in [4.78, 5) is 20.4. The molecule has 0 bridgehead atoms. The first-order chi connectivity index (χ1) is 13.1. The number of methoxy groups -OCH3 is 1. The second kappa shape index (κ2) is 8.31. The van der Waals surface area contributed by atoms with Crippen LogP contribution >= 0.6 is 0 Å². The first-order valence-corrected chi connectivity index (χ1v) is 8.74. The lowest BCUT2D eigenvalue weighted by Crippen LogP contribution is -2.03. The fourth-order valence-corrected chi connectivity index (χ4v) is 2.60. The van der Waals surface area contributed by atoms with Gasteiger partial charge in [-0.3, -0.25) is 0 Å². The van der Waals surface area contributed by atoms with Gasteiger partial charge in [-0.05, 0) is 55.3 Å². The predicted molar refractivity (Wildman–Crippen MR) is 107 cm³/mol. The van der Waals surface area contributed by atoms with E-state index in [1.807, 2.05) is 25.1 Å². The molecule has 0 unspecified atom stereocenters.